The van der Waals surface area contributed by atoms with Crippen LogP contribution in [0.25, 0.3) is 5.69 Å². The number of para-hydroxylation sites is 1. The van der Waals surface area contributed by atoms with E-state index in [9.17, 15) is 4.79 Å². The molecule has 5 heteroatoms. The van der Waals surface area contributed by atoms with Crippen molar-refractivity contribution >= 4 is 11.6 Å². The fraction of sp³-hybridized carbons (Fsp3) is 0.333. The van der Waals surface area contributed by atoms with Gasteiger partial charge in [-0.3, -0.25) is 4.79 Å². The van der Waals surface area contributed by atoms with E-state index in [0.717, 1.165) is 28.5 Å². The Morgan fingerprint density at radius 1 is 1.03 bits per heavy atom. The number of nitrogens with zero attached hydrogens (tertiary/aromatic N) is 2. The van der Waals surface area contributed by atoms with E-state index in [-0.39, 0.29) is 17.7 Å². The van der Waals surface area contributed by atoms with Crippen LogP contribution in [-0.4, -0.2) is 22.3 Å². The molecule has 0 bridgehead atoms. The Bertz CT molecular complexity index is 968. The average molecular weight is 392 g/mol. The third kappa shape index (κ3) is 5.05. The van der Waals surface area contributed by atoms with Gasteiger partial charge >= 0.3 is 0 Å². The Kier molecular flexibility index (Phi) is 6.06. The number of aryl methyl sites for hydroxylation is 1. The Morgan fingerprint density at radius 2 is 1.69 bits per heavy atom. The predicted octanol–water partition coefficient (Wildman–Crippen LogP) is 5.19. The zero-order valence-electron chi connectivity index (χ0n) is 17.8. The molecular formula is C24H29N3O2. The second kappa shape index (κ2) is 8.52. The van der Waals surface area contributed by atoms with Crippen molar-refractivity contribution < 1.29 is 9.53 Å². The minimum atomic E-state index is -0.0878. The highest BCUT2D eigenvalue weighted by atomic mass is 16.5. The van der Waals surface area contributed by atoms with Crippen LogP contribution in [0.2, 0.25) is 0 Å². The number of anilines is 1. The second-order valence-corrected chi connectivity index (χ2v) is 8.21. The highest BCUT2D eigenvalue weighted by molar-refractivity contribution is 5.92. The van der Waals surface area contributed by atoms with Gasteiger partial charge in [0, 0.05) is 0 Å². The van der Waals surface area contributed by atoms with E-state index >= 15 is 0 Å². The average Bonchev–Trinajstić information content (AvgIpc) is 2.96. The molecule has 0 atom stereocenters. The molecule has 0 spiro atoms. The Labute approximate surface area is 172 Å². The van der Waals surface area contributed by atoms with Crippen LogP contribution in [0.3, 0.4) is 0 Å². The lowest BCUT2D eigenvalue weighted by Gasteiger charge is -2.19. The molecule has 5 nitrogen and oxygen atoms in total. The van der Waals surface area contributed by atoms with Gasteiger partial charge in [0.25, 0.3) is 0 Å². The standard InChI is InChI=1S/C24H29N3O2/c1-17-23(18(2)27(26-17)20-9-7-6-8-10-20)25-22(28)15-16-29-21-13-11-19(12-14-21)24(3,4)5/h6-14H,15-16H2,1-5H3,(H,25,28). The molecule has 1 N–H and O–H groups in total. The van der Waals surface area contributed by atoms with Crippen LogP contribution >= 0.6 is 0 Å². The van der Waals surface area contributed by atoms with Crippen molar-refractivity contribution in [1.82, 2.24) is 9.78 Å². The van der Waals surface area contributed by atoms with Gasteiger partial charge in [-0.1, -0.05) is 51.1 Å². The van der Waals surface area contributed by atoms with Crippen molar-refractivity contribution in [2.75, 3.05) is 11.9 Å². The molecule has 0 aliphatic heterocycles. The maximum absolute atomic E-state index is 12.4. The van der Waals surface area contributed by atoms with Crippen LogP contribution in [0, 0.1) is 13.8 Å². The Hall–Kier alpha value is -3.08. The molecule has 3 rings (SSSR count). The van der Waals surface area contributed by atoms with E-state index < -0.39 is 0 Å². The highest BCUT2D eigenvalue weighted by Gasteiger charge is 2.16. The Balaban J connectivity index is 1.57. The number of benzene rings is 2. The van der Waals surface area contributed by atoms with Crippen LogP contribution in [0.5, 0.6) is 5.75 Å². The quantitative estimate of drug-likeness (QED) is 0.629. The summed E-state index contributed by atoms with van der Waals surface area (Å²) in [6.45, 7) is 10.7. The summed E-state index contributed by atoms with van der Waals surface area (Å²) in [7, 11) is 0. The summed E-state index contributed by atoms with van der Waals surface area (Å²) in [5.41, 5.74) is 4.78. The normalized spacial score (nSPS) is 11.3. The molecule has 0 fully saturated rings. The first-order valence-electron chi connectivity index (χ1n) is 9.90. The molecular weight excluding hydrogens is 362 g/mol. The zero-order chi connectivity index (χ0) is 21.0. The molecule has 3 aromatic rings. The van der Waals surface area contributed by atoms with Crippen LogP contribution < -0.4 is 10.1 Å². The third-order valence-corrected chi connectivity index (χ3v) is 4.87. The largest absolute Gasteiger partial charge is 0.493 e. The van der Waals surface area contributed by atoms with Crippen molar-refractivity contribution in [1.29, 1.82) is 0 Å². The van der Waals surface area contributed by atoms with Crippen LogP contribution in [0.1, 0.15) is 44.1 Å². The molecule has 0 saturated carbocycles. The summed E-state index contributed by atoms with van der Waals surface area (Å²) < 4.78 is 7.58. The van der Waals surface area contributed by atoms with E-state index in [1.165, 1.54) is 5.56 Å². The van der Waals surface area contributed by atoms with Gasteiger partial charge in [0.15, 0.2) is 0 Å². The number of amides is 1. The first-order chi connectivity index (χ1) is 13.8. The van der Waals surface area contributed by atoms with E-state index in [1.807, 2.05) is 61.0 Å². The molecule has 2 aromatic carbocycles. The first-order valence-corrected chi connectivity index (χ1v) is 9.90. The lowest BCUT2D eigenvalue weighted by Crippen LogP contribution is -2.16. The van der Waals surface area contributed by atoms with Crippen LogP contribution in [-0.2, 0) is 10.2 Å². The maximum Gasteiger partial charge on any atom is 0.227 e. The highest BCUT2D eigenvalue weighted by Crippen LogP contribution is 2.25. The number of hydrogen-bond acceptors (Lipinski definition) is 3. The van der Waals surface area contributed by atoms with Gasteiger partial charge in [0.2, 0.25) is 5.91 Å². The smallest absolute Gasteiger partial charge is 0.227 e. The van der Waals surface area contributed by atoms with Gasteiger partial charge in [0.05, 0.1) is 35.8 Å². The lowest BCUT2D eigenvalue weighted by atomic mass is 9.87. The van der Waals surface area contributed by atoms with Crippen molar-refractivity contribution in [3.05, 3.63) is 71.5 Å². The maximum atomic E-state index is 12.4. The lowest BCUT2D eigenvalue weighted by molar-refractivity contribution is -0.116. The molecule has 152 valence electrons. The number of ether oxygens (including phenoxy) is 1. The summed E-state index contributed by atoms with van der Waals surface area (Å²) in [5.74, 6) is 0.685. The molecule has 29 heavy (non-hydrogen) atoms. The summed E-state index contributed by atoms with van der Waals surface area (Å²) in [4.78, 5) is 12.4. The van der Waals surface area contributed by atoms with Crippen LogP contribution in [0.4, 0.5) is 5.69 Å². The van der Waals surface area contributed by atoms with Gasteiger partial charge in [0.1, 0.15) is 5.75 Å². The molecule has 0 aliphatic carbocycles. The van der Waals surface area contributed by atoms with E-state index in [2.05, 4.69) is 43.3 Å². The zero-order valence-corrected chi connectivity index (χ0v) is 17.8. The fourth-order valence-electron chi connectivity index (χ4n) is 3.16. The van der Waals surface area contributed by atoms with E-state index in [0.29, 0.717) is 6.61 Å². The van der Waals surface area contributed by atoms with E-state index in [4.69, 9.17) is 4.74 Å². The topological polar surface area (TPSA) is 56.2 Å². The van der Waals surface area contributed by atoms with Crippen molar-refractivity contribution in [2.24, 2.45) is 0 Å². The molecule has 1 aromatic heterocycles. The van der Waals surface area contributed by atoms with Gasteiger partial charge in [-0.2, -0.15) is 5.10 Å². The first kappa shape index (κ1) is 20.6. The van der Waals surface area contributed by atoms with Gasteiger partial charge < -0.3 is 10.1 Å². The van der Waals surface area contributed by atoms with E-state index in [1.54, 1.807) is 0 Å². The number of nitrogens with one attached hydrogen (secondary N) is 1. The second-order valence-electron chi connectivity index (χ2n) is 8.21. The monoisotopic (exact) mass is 391 g/mol. The predicted molar refractivity (Wildman–Crippen MR) is 117 cm³/mol. The number of carbonyl (C=O) groups excluding carboxylic acids is 1. The minimum absolute atomic E-state index is 0.0878. The molecule has 0 aliphatic rings. The third-order valence-electron chi connectivity index (χ3n) is 4.87. The molecule has 0 saturated heterocycles. The number of carbonyl (C=O) groups is 1. The SMILES string of the molecule is Cc1nn(-c2ccccc2)c(C)c1NC(=O)CCOc1ccc(C(C)(C)C)cc1. The fourth-order valence-corrected chi connectivity index (χ4v) is 3.16. The van der Waals surface area contributed by atoms with Gasteiger partial charge in [-0.25, -0.2) is 4.68 Å². The number of aromatic nitrogens is 2. The molecule has 0 radical (unpaired) electrons. The van der Waals surface area contributed by atoms with Gasteiger partial charge in [-0.05, 0) is 49.1 Å². The molecule has 1 amide bonds. The summed E-state index contributed by atoms with van der Waals surface area (Å²) in [6, 6.07) is 17.9. The Morgan fingerprint density at radius 3 is 2.31 bits per heavy atom. The summed E-state index contributed by atoms with van der Waals surface area (Å²) in [6.07, 6.45) is 0.274. The molecule has 1 heterocycles. The van der Waals surface area contributed by atoms with Crippen molar-refractivity contribution in [3.63, 3.8) is 0 Å². The van der Waals surface area contributed by atoms with Crippen molar-refractivity contribution in [3.8, 4) is 11.4 Å². The summed E-state index contributed by atoms with van der Waals surface area (Å²) >= 11 is 0. The van der Waals surface area contributed by atoms with Crippen molar-refractivity contribution in [2.45, 2.75) is 46.5 Å². The number of rotatable bonds is 6. The van der Waals surface area contributed by atoms with Gasteiger partial charge in [-0.15, -0.1) is 0 Å². The van der Waals surface area contributed by atoms with Crippen LogP contribution in [0.15, 0.2) is 54.6 Å². The number of hydrogen-bond donors (Lipinski definition) is 1. The summed E-state index contributed by atoms with van der Waals surface area (Å²) in [5, 5.41) is 7.54. The minimum Gasteiger partial charge on any atom is -0.493 e. The molecule has 0 unspecified atom stereocenters.